The SMILES string of the molecule is Cc1c(-c2ccc(OCCNCC3CCCCC3)cc2)ccc2[nH]cnc12. The van der Waals surface area contributed by atoms with Gasteiger partial charge >= 0.3 is 0 Å². The third-order valence-electron chi connectivity index (χ3n) is 5.72. The van der Waals surface area contributed by atoms with Crippen molar-refractivity contribution >= 4 is 11.0 Å². The third-order valence-corrected chi connectivity index (χ3v) is 5.72. The topological polar surface area (TPSA) is 49.9 Å². The summed E-state index contributed by atoms with van der Waals surface area (Å²) in [6.45, 7) is 4.88. The smallest absolute Gasteiger partial charge is 0.119 e. The number of benzene rings is 2. The van der Waals surface area contributed by atoms with Crippen LogP contribution in [0.5, 0.6) is 5.75 Å². The van der Waals surface area contributed by atoms with Crippen LogP contribution in [0.3, 0.4) is 0 Å². The number of H-pyrrole nitrogens is 1. The average molecular weight is 364 g/mol. The van der Waals surface area contributed by atoms with E-state index < -0.39 is 0 Å². The lowest BCUT2D eigenvalue weighted by atomic mass is 9.89. The Kier molecular flexibility index (Phi) is 5.73. The number of fused-ring (bicyclic) bond motifs is 1. The molecular weight excluding hydrogens is 334 g/mol. The highest BCUT2D eigenvalue weighted by atomic mass is 16.5. The Labute approximate surface area is 161 Å². The van der Waals surface area contributed by atoms with Crippen molar-refractivity contribution in [2.75, 3.05) is 19.7 Å². The van der Waals surface area contributed by atoms with Crippen molar-refractivity contribution in [1.29, 1.82) is 0 Å². The van der Waals surface area contributed by atoms with Crippen molar-refractivity contribution in [1.82, 2.24) is 15.3 Å². The van der Waals surface area contributed by atoms with Gasteiger partial charge in [0.2, 0.25) is 0 Å². The van der Waals surface area contributed by atoms with E-state index in [9.17, 15) is 0 Å². The van der Waals surface area contributed by atoms with E-state index in [0.29, 0.717) is 6.61 Å². The Hall–Kier alpha value is -2.33. The second kappa shape index (κ2) is 8.57. The molecular formula is C23H29N3O. The van der Waals surface area contributed by atoms with Crippen molar-refractivity contribution in [2.45, 2.75) is 39.0 Å². The summed E-state index contributed by atoms with van der Waals surface area (Å²) in [6.07, 6.45) is 8.76. The fraction of sp³-hybridized carbons (Fsp3) is 0.435. The minimum atomic E-state index is 0.713. The van der Waals surface area contributed by atoms with Gasteiger partial charge in [0.1, 0.15) is 12.4 Å². The van der Waals surface area contributed by atoms with Crippen LogP contribution in [0.15, 0.2) is 42.7 Å². The summed E-state index contributed by atoms with van der Waals surface area (Å²) in [5.41, 5.74) is 5.73. The first-order valence-corrected chi connectivity index (χ1v) is 10.2. The summed E-state index contributed by atoms with van der Waals surface area (Å²) < 4.78 is 5.89. The quantitative estimate of drug-likeness (QED) is 0.575. The predicted molar refractivity (Wildman–Crippen MR) is 111 cm³/mol. The molecule has 0 aliphatic heterocycles. The Bertz CT molecular complexity index is 863. The number of imidazole rings is 1. The van der Waals surface area contributed by atoms with E-state index in [4.69, 9.17) is 4.74 Å². The molecule has 142 valence electrons. The van der Waals surface area contributed by atoms with Gasteiger partial charge in [-0.1, -0.05) is 37.5 Å². The van der Waals surface area contributed by atoms with Gasteiger partial charge in [-0.25, -0.2) is 4.98 Å². The van der Waals surface area contributed by atoms with Gasteiger partial charge in [-0.05, 0) is 67.1 Å². The fourth-order valence-electron chi connectivity index (χ4n) is 4.13. The molecule has 1 aliphatic carbocycles. The lowest BCUT2D eigenvalue weighted by Gasteiger charge is -2.21. The van der Waals surface area contributed by atoms with Crippen LogP contribution in [-0.4, -0.2) is 29.7 Å². The summed E-state index contributed by atoms with van der Waals surface area (Å²) >= 11 is 0. The van der Waals surface area contributed by atoms with E-state index >= 15 is 0 Å². The van der Waals surface area contributed by atoms with Gasteiger partial charge in [-0.15, -0.1) is 0 Å². The molecule has 0 radical (unpaired) electrons. The van der Waals surface area contributed by atoms with E-state index in [-0.39, 0.29) is 0 Å². The number of aryl methyl sites for hydroxylation is 1. The molecule has 2 aromatic carbocycles. The van der Waals surface area contributed by atoms with Crippen LogP contribution < -0.4 is 10.1 Å². The lowest BCUT2D eigenvalue weighted by Crippen LogP contribution is -2.28. The standard InChI is InChI=1S/C23H29N3O/c1-17-21(11-12-22-23(17)26-16-25-22)19-7-9-20(10-8-19)27-14-13-24-15-18-5-3-2-4-6-18/h7-12,16,18,24H,2-6,13-15H2,1H3,(H,25,26). The molecule has 1 saturated carbocycles. The molecule has 1 heterocycles. The van der Waals surface area contributed by atoms with Gasteiger partial charge in [-0.2, -0.15) is 0 Å². The summed E-state index contributed by atoms with van der Waals surface area (Å²) in [6, 6.07) is 12.6. The number of rotatable bonds is 7. The highest BCUT2D eigenvalue weighted by Crippen LogP contribution is 2.29. The van der Waals surface area contributed by atoms with Gasteiger partial charge in [0, 0.05) is 6.54 Å². The number of hydrogen-bond acceptors (Lipinski definition) is 3. The van der Waals surface area contributed by atoms with E-state index in [0.717, 1.165) is 35.8 Å². The molecule has 2 N–H and O–H groups in total. The van der Waals surface area contributed by atoms with Crippen LogP contribution >= 0.6 is 0 Å². The number of hydrogen-bond donors (Lipinski definition) is 2. The Morgan fingerprint density at radius 3 is 2.70 bits per heavy atom. The van der Waals surface area contributed by atoms with Crippen LogP contribution in [0.2, 0.25) is 0 Å². The predicted octanol–water partition coefficient (Wildman–Crippen LogP) is 5.09. The zero-order valence-electron chi connectivity index (χ0n) is 16.1. The number of aromatic nitrogens is 2. The highest BCUT2D eigenvalue weighted by Gasteiger charge is 2.12. The second-order valence-corrected chi connectivity index (χ2v) is 7.62. The monoisotopic (exact) mass is 363 g/mol. The molecule has 0 bridgehead atoms. The van der Waals surface area contributed by atoms with Crippen molar-refractivity contribution < 1.29 is 4.74 Å². The van der Waals surface area contributed by atoms with Crippen LogP contribution in [0, 0.1) is 12.8 Å². The zero-order valence-corrected chi connectivity index (χ0v) is 16.1. The summed E-state index contributed by atoms with van der Waals surface area (Å²) in [5.74, 6) is 1.80. The maximum Gasteiger partial charge on any atom is 0.119 e. The van der Waals surface area contributed by atoms with Gasteiger partial charge in [0.25, 0.3) is 0 Å². The second-order valence-electron chi connectivity index (χ2n) is 7.62. The third kappa shape index (κ3) is 4.33. The van der Waals surface area contributed by atoms with Crippen LogP contribution in [-0.2, 0) is 0 Å². The molecule has 4 rings (SSSR count). The Balaban J connectivity index is 1.29. The average Bonchev–Trinajstić information content (AvgIpc) is 3.19. The first-order valence-electron chi connectivity index (χ1n) is 10.2. The van der Waals surface area contributed by atoms with Crippen molar-refractivity contribution in [3.8, 4) is 16.9 Å². The molecule has 1 aliphatic rings. The maximum atomic E-state index is 5.89. The first-order chi connectivity index (χ1) is 13.3. The molecule has 0 atom stereocenters. The van der Waals surface area contributed by atoms with Gasteiger partial charge in [0.15, 0.2) is 0 Å². The van der Waals surface area contributed by atoms with Gasteiger partial charge in [0.05, 0.1) is 17.4 Å². The molecule has 27 heavy (non-hydrogen) atoms. The molecule has 0 spiro atoms. The maximum absolute atomic E-state index is 5.89. The molecule has 0 unspecified atom stereocenters. The Morgan fingerprint density at radius 2 is 1.89 bits per heavy atom. The number of aromatic amines is 1. The summed E-state index contributed by atoms with van der Waals surface area (Å²) in [7, 11) is 0. The molecule has 4 nitrogen and oxygen atoms in total. The van der Waals surface area contributed by atoms with Crippen molar-refractivity contribution in [3.05, 3.63) is 48.3 Å². The van der Waals surface area contributed by atoms with Crippen LogP contribution in [0.1, 0.15) is 37.7 Å². The summed E-state index contributed by atoms with van der Waals surface area (Å²) in [5, 5.41) is 3.55. The van der Waals surface area contributed by atoms with E-state index in [1.165, 1.54) is 48.8 Å². The largest absolute Gasteiger partial charge is 0.492 e. The lowest BCUT2D eigenvalue weighted by molar-refractivity contribution is 0.294. The molecule has 1 fully saturated rings. The fourth-order valence-corrected chi connectivity index (χ4v) is 4.13. The molecule has 3 aromatic rings. The molecule has 0 saturated heterocycles. The first kappa shape index (κ1) is 18.1. The number of ether oxygens (including phenoxy) is 1. The van der Waals surface area contributed by atoms with E-state index in [2.05, 4.69) is 58.6 Å². The van der Waals surface area contributed by atoms with Gasteiger partial charge < -0.3 is 15.0 Å². The number of nitrogens with one attached hydrogen (secondary N) is 2. The van der Waals surface area contributed by atoms with E-state index in [1.54, 1.807) is 6.33 Å². The van der Waals surface area contributed by atoms with Crippen LogP contribution in [0.4, 0.5) is 0 Å². The number of nitrogens with zero attached hydrogens (tertiary/aromatic N) is 1. The van der Waals surface area contributed by atoms with E-state index in [1.807, 2.05) is 0 Å². The molecule has 0 amide bonds. The highest BCUT2D eigenvalue weighted by molar-refractivity contribution is 5.86. The molecule has 1 aromatic heterocycles. The normalized spacial score (nSPS) is 15.3. The minimum Gasteiger partial charge on any atom is -0.492 e. The van der Waals surface area contributed by atoms with Crippen molar-refractivity contribution in [2.24, 2.45) is 5.92 Å². The van der Waals surface area contributed by atoms with Crippen LogP contribution in [0.25, 0.3) is 22.2 Å². The van der Waals surface area contributed by atoms with Gasteiger partial charge in [-0.3, -0.25) is 0 Å². The molecule has 4 heteroatoms. The summed E-state index contributed by atoms with van der Waals surface area (Å²) in [4.78, 5) is 7.59. The zero-order chi connectivity index (χ0) is 18.5. The minimum absolute atomic E-state index is 0.713. The van der Waals surface area contributed by atoms with Crippen molar-refractivity contribution in [3.63, 3.8) is 0 Å². The Morgan fingerprint density at radius 1 is 1.07 bits per heavy atom.